The second-order valence-electron chi connectivity index (χ2n) is 6.30. The number of nitrogens with one attached hydrogen (secondary N) is 1. The number of nitrogens with zero attached hydrogens (tertiary/aromatic N) is 1. The number of amides is 2. The van der Waals surface area contributed by atoms with Gasteiger partial charge in [-0.2, -0.15) is 0 Å². The van der Waals surface area contributed by atoms with Gasteiger partial charge < -0.3 is 14.2 Å². The average molecular weight is 440 g/mol. The standard InChI is InChI=1S/C22H20N2O6S/c1-3-29-19(25)13-30-17-10-9-14(12-18(17)28-2)11-16-20(26)23-22(31)24(21(16)27)15-7-5-4-6-8-15/h4-12H,3,13H2,1-2H3,(H,23,26,31)/b16-11+. The molecule has 1 aliphatic heterocycles. The fraction of sp³-hybridized carbons (Fsp3) is 0.182. The summed E-state index contributed by atoms with van der Waals surface area (Å²) < 4.78 is 15.6. The van der Waals surface area contributed by atoms with Gasteiger partial charge in [0.2, 0.25) is 0 Å². The van der Waals surface area contributed by atoms with Crippen molar-refractivity contribution in [2.24, 2.45) is 0 Å². The van der Waals surface area contributed by atoms with Crippen LogP contribution in [0.5, 0.6) is 11.5 Å². The second kappa shape index (κ2) is 9.86. The maximum Gasteiger partial charge on any atom is 0.344 e. The highest BCUT2D eigenvalue weighted by Gasteiger charge is 2.34. The minimum atomic E-state index is -0.594. The molecule has 0 unspecified atom stereocenters. The molecule has 0 bridgehead atoms. The van der Waals surface area contributed by atoms with E-state index in [-0.39, 0.29) is 23.9 Å². The summed E-state index contributed by atoms with van der Waals surface area (Å²) in [6.07, 6.45) is 1.44. The highest BCUT2D eigenvalue weighted by atomic mass is 32.1. The Labute approximate surface area is 184 Å². The predicted octanol–water partition coefficient (Wildman–Crippen LogP) is 2.47. The van der Waals surface area contributed by atoms with E-state index in [1.165, 1.54) is 18.1 Å². The smallest absolute Gasteiger partial charge is 0.344 e. The zero-order valence-corrected chi connectivity index (χ0v) is 17.7. The molecule has 31 heavy (non-hydrogen) atoms. The predicted molar refractivity (Wildman–Crippen MR) is 118 cm³/mol. The molecule has 160 valence electrons. The van der Waals surface area contributed by atoms with Crippen molar-refractivity contribution in [1.29, 1.82) is 0 Å². The number of thiocarbonyl (C=S) groups is 1. The van der Waals surface area contributed by atoms with Crippen molar-refractivity contribution in [1.82, 2.24) is 5.32 Å². The van der Waals surface area contributed by atoms with Gasteiger partial charge in [0.05, 0.1) is 19.4 Å². The van der Waals surface area contributed by atoms with Crippen LogP contribution in [0.3, 0.4) is 0 Å². The van der Waals surface area contributed by atoms with Crippen LogP contribution in [0.25, 0.3) is 6.08 Å². The van der Waals surface area contributed by atoms with Crippen molar-refractivity contribution in [3.8, 4) is 11.5 Å². The fourth-order valence-electron chi connectivity index (χ4n) is 2.87. The van der Waals surface area contributed by atoms with E-state index >= 15 is 0 Å². The summed E-state index contributed by atoms with van der Waals surface area (Å²) in [6.45, 7) is 1.69. The molecule has 1 fully saturated rings. The molecule has 9 heteroatoms. The van der Waals surface area contributed by atoms with E-state index in [0.29, 0.717) is 22.7 Å². The van der Waals surface area contributed by atoms with Gasteiger partial charge in [0, 0.05) is 0 Å². The number of carbonyl (C=O) groups is 3. The molecule has 1 heterocycles. The third-order valence-electron chi connectivity index (χ3n) is 4.27. The van der Waals surface area contributed by atoms with Crippen LogP contribution in [0.1, 0.15) is 12.5 Å². The van der Waals surface area contributed by atoms with E-state index in [4.69, 9.17) is 26.4 Å². The van der Waals surface area contributed by atoms with E-state index in [1.54, 1.807) is 49.4 Å². The van der Waals surface area contributed by atoms with E-state index in [9.17, 15) is 14.4 Å². The highest BCUT2D eigenvalue weighted by molar-refractivity contribution is 7.80. The van der Waals surface area contributed by atoms with Gasteiger partial charge in [-0.1, -0.05) is 24.3 Å². The Bertz CT molecular complexity index is 1050. The zero-order valence-electron chi connectivity index (χ0n) is 16.9. The number of methoxy groups -OCH3 is 1. The number of anilines is 1. The quantitative estimate of drug-likeness (QED) is 0.306. The third-order valence-corrected chi connectivity index (χ3v) is 4.55. The third kappa shape index (κ3) is 5.07. The monoisotopic (exact) mass is 440 g/mol. The van der Waals surface area contributed by atoms with Gasteiger partial charge in [-0.05, 0) is 55.0 Å². The van der Waals surface area contributed by atoms with Crippen LogP contribution in [-0.4, -0.2) is 43.2 Å². The fourth-order valence-corrected chi connectivity index (χ4v) is 3.15. The molecular weight excluding hydrogens is 420 g/mol. The Morgan fingerprint density at radius 3 is 2.55 bits per heavy atom. The van der Waals surface area contributed by atoms with Gasteiger partial charge in [0.1, 0.15) is 5.57 Å². The van der Waals surface area contributed by atoms with Crippen LogP contribution < -0.4 is 19.7 Å². The van der Waals surface area contributed by atoms with Crippen molar-refractivity contribution >= 4 is 46.9 Å². The molecule has 1 N–H and O–H groups in total. The molecule has 2 aromatic carbocycles. The number of ether oxygens (including phenoxy) is 3. The Morgan fingerprint density at radius 2 is 1.87 bits per heavy atom. The number of benzene rings is 2. The van der Waals surface area contributed by atoms with Gasteiger partial charge in [-0.25, -0.2) is 4.79 Å². The molecule has 0 saturated carbocycles. The first-order valence-corrected chi connectivity index (χ1v) is 9.78. The molecule has 0 aliphatic carbocycles. The lowest BCUT2D eigenvalue weighted by Crippen LogP contribution is -2.54. The lowest BCUT2D eigenvalue weighted by molar-refractivity contribution is -0.145. The molecule has 3 rings (SSSR count). The zero-order chi connectivity index (χ0) is 22.4. The molecular formula is C22H20N2O6S. The highest BCUT2D eigenvalue weighted by Crippen LogP contribution is 2.30. The van der Waals surface area contributed by atoms with E-state index in [1.807, 2.05) is 6.07 Å². The largest absolute Gasteiger partial charge is 0.493 e. The van der Waals surface area contributed by atoms with Crippen molar-refractivity contribution in [2.45, 2.75) is 6.92 Å². The lowest BCUT2D eigenvalue weighted by Gasteiger charge is -2.28. The molecule has 8 nitrogen and oxygen atoms in total. The summed E-state index contributed by atoms with van der Waals surface area (Å²) >= 11 is 5.18. The Morgan fingerprint density at radius 1 is 1.13 bits per heavy atom. The van der Waals surface area contributed by atoms with Crippen molar-refractivity contribution in [3.63, 3.8) is 0 Å². The second-order valence-corrected chi connectivity index (χ2v) is 6.68. The number of para-hydroxylation sites is 1. The maximum absolute atomic E-state index is 13.0. The summed E-state index contributed by atoms with van der Waals surface area (Å²) in [6, 6.07) is 13.6. The SMILES string of the molecule is CCOC(=O)COc1ccc(/C=C2\C(=O)NC(=S)N(c3ccccc3)C2=O)cc1OC. The summed E-state index contributed by atoms with van der Waals surface area (Å²) in [5.41, 5.74) is 0.989. The molecule has 1 aliphatic rings. The molecule has 0 aromatic heterocycles. The molecule has 0 spiro atoms. The first-order valence-electron chi connectivity index (χ1n) is 9.37. The van der Waals surface area contributed by atoms with Crippen molar-refractivity contribution in [2.75, 3.05) is 25.2 Å². The molecule has 1 saturated heterocycles. The van der Waals surface area contributed by atoms with Gasteiger partial charge in [-0.3, -0.25) is 19.8 Å². The Hall–Kier alpha value is -3.72. The average Bonchev–Trinajstić information content (AvgIpc) is 2.76. The Kier molecular flexibility index (Phi) is 6.99. The normalized spacial score (nSPS) is 15.0. The molecule has 2 amide bonds. The number of carbonyl (C=O) groups excluding carboxylic acids is 3. The van der Waals surface area contributed by atoms with Gasteiger partial charge in [0.25, 0.3) is 11.8 Å². The number of hydrogen-bond donors (Lipinski definition) is 1. The van der Waals surface area contributed by atoms with Crippen LogP contribution in [0.15, 0.2) is 54.1 Å². The molecule has 0 radical (unpaired) electrons. The van der Waals surface area contributed by atoms with Crippen LogP contribution in [-0.2, 0) is 19.1 Å². The maximum atomic E-state index is 13.0. The van der Waals surface area contributed by atoms with E-state index in [0.717, 1.165) is 0 Å². The van der Waals surface area contributed by atoms with Gasteiger partial charge in [0.15, 0.2) is 23.2 Å². The van der Waals surface area contributed by atoms with Crippen LogP contribution in [0, 0.1) is 0 Å². The Balaban J connectivity index is 1.87. The van der Waals surface area contributed by atoms with Gasteiger partial charge >= 0.3 is 5.97 Å². The molecule has 2 aromatic rings. The van der Waals surface area contributed by atoms with Gasteiger partial charge in [-0.15, -0.1) is 0 Å². The number of esters is 1. The van der Waals surface area contributed by atoms with Crippen LogP contribution in [0.4, 0.5) is 5.69 Å². The minimum Gasteiger partial charge on any atom is -0.493 e. The first kappa shape index (κ1) is 22.0. The first-order chi connectivity index (χ1) is 14.9. The molecule has 0 atom stereocenters. The topological polar surface area (TPSA) is 94.2 Å². The van der Waals surface area contributed by atoms with Crippen LogP contribution >= 0.6 is 12.2 Å². The van der Waals surface area contributed by atoms with Crippen LogP contribution in [0.2, 0.25) is 0 Å². The summed E-state index contributed by atoms with van der Waals surface area (Å²) in [5.74, 6) is -0.982. The summed E-state index contributed by atoms with van der Waals surface area (Å²) in [5, 5.41) is 2.55. The van der Waals surface area contributed by atoms with E-state index in [2.05, 4.69) is 5.32 Å². The van der Waals surface area contributed by atoms with Crippen molar-refractivity contribution < 1.29 is 28.6 Å². The minimum absolute atomic E-state index is 0.0126. The summed E-state index contributed by atoms with van der Waals surface area (Å²) in [7, 11) is 1.44. The summed E-state index contributed by atoms with van der Waals surface area (Å²) in [4.78, 5) is 38.2. The number of rotatable bonds is 7. The number of hydrogen-bond acceptors (Lipinski definition) is 7. The lowest BCUT2D eigenvalue weighted by atomic mass is 10.1. The van der Waals surface area contributed by atoms with Crippen molar-refractivity contribution in [3.05, 3.63) is 59.7 Å². The van der Waals surface area contributed by atoms with E-state index < -0.39 is 17.8 Å².